The fourth-order valence-electron chi connectivity index (χ4n) is 0.605. The lowest BCUT2D eigenvalue weighted by atomic mass is 10.5. The summed E-state index contributed by atoms with van der Waals surface area (Å²) in [5.74, 6) is 0. The molecule has 0 radical (unpaired) electrons. The lowest BCUT2D eigenvalue weighted by Gasteiger charge is -2.13. The van der Waals surface area contributed by atoms with Crippen molar-refractivity contribution in [3.63, 3.8) is 0 Å². The van der Waals surface area contributed by atoms with Gasteiger partial charge in [0.25, 0.3) is 0 Å². The molecule has 0 heterocycles. The van der Waals surface area contributed by atoms with Crippen LogP contribution in [0.25, 0.3) is 0 Å². The van der Waals surface area contributed by atoms with Crippen LogP contribution in [-0.4, -0.2) is 31.1 Å². The normalized spacial score (nSPS) is 13.7. The molecular formula is C6H15NO2. The largest absolute Gasteiger partial charge is 0.392 e. The smallest absolute Gasteiger partial charge is 0.131 e. The first-order valence-electron chi connectivity index (χ1n) is 3.31. The van der Waals surface area contributed by atoms with Gasteiger partial charge in [0.15, 0.2) is 0 Å². The molecule has 0 aromatic heterocycles. The number of hydrogen-bond donors (Lipinski definition) is 2. The average molecular weight is 133 g/mol. The summed E-state index contributed by atoms with van der Waals surface area (Å²) in [4.78, 5) is 0. The molecule has 0 fully saturated rings. The molecule has 2 N–H and O–H groups in total. The van der Waals surface area contributed by atoms with Crippen LogP contribution >= 0.6 is 0 Å². The molecular weight excluding hydrogens is 118 g/mol. The second-order valence-electron chi connectivity index (χ2n) is 1.68. The summed E-state index contributed by atoms with van der Waals surface area (Å²) < 4.78 is 5.07. The van der Waals surface area contributed by atoms with Crippen molar-refractivity contribution >= 4 is 0 Å². The molecule has 0 aliphatic rings. The number of rotatable bonds is 5. The van der Waals surface area contributed by atoms with Crippen LogP contribution in [0, 0.1) is 0 Å². The van der Waals surface area contributed by atoms with Crippen molar-refractivity contribution in [3.8, 4) is 0 Å². The topological polar surface area (TPSA) is 41.5 Å². The maximum Gasteiger partial charge on any atom is 0.131 e. The van der Waals surface area contributed by atoms with E-state index in [0.29, 0.717) is 6.61 Å². The minimum atomic E-state index is -0.181. The maximum absolute atomic E-state index is 8.60. The molecule has 0 saturated carbocycles. The van der Waals surface area contributed by atoms with E-state index in [2.05, 4.69) is 5.32 Å². The van der Waals surface area contributed by atoms with Gasteiger partial charge >= 0.3 is 0 Å². The van der Waals surface area contributed by atoms with Crippen molar-refractivity contribution in [1.29, 1.82) is 0 Å². The molecule has 0 aromatic carbocycles. The summed E-state index contributed by atoms with van der Waals surface area (Å²) >= 11 is 0. The molecule has 0 rings (SSSR count). The second-order valence-corrected chi connectivity index (χ2v) is 1.68. The molecule has 1 atom stereocenters. The van der Waals surface area contributed by atoms with Crippen LogP contribution < -0.4 is 5.32 Å². The minimum Gasteiger partial charge on any atom is -0.392 e. The first kappa shape index (κ1) is 8.88. The Morgan fingerprint density at radius 1 is 1.56 bits per heavy atom. The highest BCUT2D eigenvalue weighted by atomic mass is 16.5. The van der Waals surface area contributed by atoms with E-state index in [1.165, 1.54) is 0 Å². The fraction of sp³-hybridized carbons (Fsp3) is 1.00. The van der Waals surface area contributed by atoms with Crippen molar-refractivity contribution in [2.24, 2.45) is 0 Å². The predicted molar refractivity (Wildman–Crippen MR) is 36.2 cm³/mol. The number of nitrogens with one attached hydrogen (secondary N) is 1. The van der Waals surface area contributed by atoms with Gasteiger partial charge in [0.1, 0.15) is 6.23 Å². The summed E-state index contributed by atoms with van der Waals surface area (Å²) in [5.41, 5.74) is 0. The van der Waals surface area contributed by atoms with Crippen LogP contribution in [0.3, 0.4) is 0 Å². The Kier molecular flexibility index (Phi) is 5.93. The number of likely N-dealkylation sites (N-methyl/N-ethyl adjacent to an activating group) is 1. The van der Waals surface area contributed by atoms with E-state index < -0.39 is 0 Å². The van der Waals surface area contributed by atoms with Crippen molar-refractivity contribution in [3.05, 3.63) is 0 Å². The Hall–Kier alpha value is -0.120. The highest BCUT2D eigenvalue weighted by Gasteiger charge is 2.01. The first-order chi connectivity index (χ1) is 4.35. The van der Waals surface area contributed by atoms with Gasteiger partial charge in [-0.05, 0) is 13.5 Å². The third kappa shape index (κ3) is 4.39. The maximum atomic E-state index is 8.60. The molecule has 3 nitrogen and oxygen atoms in total. The molecule has 0 amide bonds. The van der Waals surface area contributed by atoms with E-state index in [-0.39, 0.29) is 12.8 Å². The molecule has 9 heavy (non-hydrogen) atoms. The molecule has 0 aliphatic carbocycles. The second kappa shape index (κ2) is 6.01. The summed E-state index contributed by atoms with van der Waals surface area (Å²) in [7, 11) is 0. The Bertz CT molecular complexity index is 53.0. The lowest BCUT2D eigenvalue weighted by Crippen LogP contribution is -2.34. The molecule has 56 valence electrons. The number of hydrogen-bond acceptors (Lipinski definition) is 3. The monoisotopic (exact) mass is 133 g/mol. The Labute approximate surface area is 56.0 Å². The van der Waals surface area contributed by atoms with E-state index in [4.69, 9.17) is 9.84 Å². The number of ether oxygens (including phenoxy) is 1. The van der Waals surface area contributed by atoms with Crippen LogP contribution in [-0.2, 0) is 4.74 Å². The number of aliphatic hydroxyl groups excluding tert-OH is 1. The molecule has 0 spiro atoms. The molecule has 0 aliphatic heterocycles. The minimum absolute atomic E-state index is 0.0433. The number of aliphatic hydroxyl groups is 1. The lowest BCUT2D eigenvalue weighted by molar-refractivity contribution is -0.000316. The van der Waals surface area contributed by atoms with Crippen LogP contribution in [0.15, 0.2) is 0 Å². The van der Waals surface area contributed by atoms with Gasteiger partial charge in [0.05, 0.1) is 6.61 Å². The van der Waals surface area contributed by atoms with Crippen molar-refractivity contribution in [2.45, 2.75) is 20.1 Å². The van der Waals surface area contributed by atoms with Crippen molar-refractivity contribution in [1.82, 2.24) is 5.32 Å². The molecule has 1 unspecified atom stereocenters. The van der Waals surface area contributed by atoms with Gasteiger partial charge in [-0.15, -0.1) is 0 Å². The van der Waals surface area contributed by atoms with E-state index >= 15 is 0 Å². The third-order valence-electron chi connectivity index (χ3n) is 0.965. The fourth-order valence-corrected chi connectivity index (χ4v) is 0.605. The van der Waals surface area contributed by atoms with Gasteiger partial charge in [-0.1, -0.05) is 6.92 Å². The van der Waals surface area contributed by atoms with E-state index in [9.17, 15) is 0 Å². The van der Waals surface area contributed by atoms with Gasteiger partial charge in [0, 0.05) is 6.61 Å². The Balaban J connectivity index is 3.18. The van der Waals surface area contributed by atoms with E-state index in [1.807, 2.05) is 13.8 Å². The molecule has 0 aromatic rings. The van der Waals surface area contributed by atoms with Gasteiger partial charge in [-0.25, -0.2) is 0 Å². The van der Waals surface area contributed by atoms with Gasteiger partial charge in [0.2, 0.25) is 0 Å². The van der Waals surface area contributed by atoms with Gasteiger partial charge in [-0.3, -0.25) is 5.32 Å². The van der Waals surface area contributed by atoms with Crippen LogP contribution in [0.5, 0.6) is 0 Å². The third-order valence-corrected chi connectivity index (χ3v) is 0.965. The SMILES string of the molecule is CCNC(CO)OCC. The molecule has 0 bridgehead atoms. The standard InChI is InChI=1S/C6H15NO2/c1-3-7-6(5-8)9-4-2/h6-8H,3-5H2,1-2H3. The predicted octanol–water partition coefficient (Wildman–Crippen LogP) is -0.0492. The van der Waals surface area contributed by atoms with Crippen molar-refractivity contribution in [2.75, 3.05) is 19.8 Å². The van der Waals surface area contributed by atoms with Crippen LogP contribution in [0.2, 0.25) is 0 Å². The average Bonchev–Trinajstić information content (AvgIpc) is 1.88. The van der Waals surface area contributed by atoms with Gasteiger partial charge in [-0.2, -0.15) is 0 Å². The van der Waals surface area contributed by atoms with Crippen LogP contribution in [0.1, 0.15) is 13.8 Å². The quantitative estimate of drug-likeness (QED) is 0.517. The van der Waals surface area contributed by atoms with Crippen molar-refractivity contribution < 1.29 is 9.84 Å². The van der Waals surface area contributed by atoms with Crippen LogP contribution in [0.4, 0.5) is 0 Å². The Morgan fingerprint density at radius 3 is 2.56 bits per heavy atom. The zero-order valence-electron chi connectivity index (χ0n) is 6.05. The zero-order chi connectivity index (χ0) is 7.11. The van der Waals surface area contributed by atoms with E-state index in [0.717, 1.165) is 6.54 Å². The summed E-state index contributed by atoms with van der Waals surface area (Å²) in [6.07, 6.45) is -0.181. The summed E-state index contributed by atoms with van der Waals surface area (Å²) in [5, 5.41) is 11.6. The first-order valence-corrected chi connectivity index (χ1v) is 3.31. The highest BCUT2D eigenvalue weighted by molar-refractivity contribution is 4.48. The zero-order valence-corrected chi connectivity index (χ0v) is 6.05. The summed E-state index contributed by atoms with van der Waals surface area (Å²) in [6, 6.07) is 0. The molecule has 0 saturated heterocycles. The van der Waals surface area contributed by atoms with E-state index in [1.54, 1.807) is 0 Å². The molecule has 3 heteroatoms. The summed E-state index contributed by atoms with van der Waals surface area (Å²) in [6.45, 7) is 5.38. The Morgan fingerprint density at radius 2 is 2.22 bits per heavy atom. The van der Waals surface area contributed by atoms with Gasteiger partial charge < -0.3 is 9.84 Å². The highest BCUT2D eigenvalue weighted by Crippen LogP contribution is 1.83.